The van der Waals surface area contributed by atoms with Crippen molar-refractivity contribution >= 4 is 23.3 Å². The average molecular weight is 435 g/mol. The number of aryl methyl sites for hydroxylation is 1. The minimum absolute atomic E-state index is 0.0553. The minimum atomic E-state index is -0.453. The Balaban J connectivity index is 1.50. The molecule has 0 radical (unpaired) electrons. The van der Waals surface area contributed by atoms with Crippen LogP contribution >= 0.6 is 0 Å². The normalized spacial score (nSPS) is 18.5. The van der Waals surface area contributed by atoms with Crippen LogP contribution in [0.3, 0.4) is 0 Å². The number of carbonyl (C=O) groups is 1. The number of hydrogen-bond acceptors (Lipinski definition) is 8. The van der Waals surface area contributed by atoms with E-state index in [2.05, 4.69) is 52.7 Å². The first-order chi connectivity index (χ1) is 15.6. The third kappa shape index (κ3) is 3.92. The molecule has 1 N–H and O–H groups in total. The third-order valence-corrected chi connectivity index (χ3v) is 5.57. The van der Waals surface area contributed by atoms with Crippen LogP contribution in [0.1, 0.15) is 34.6 Å². The molecule has 1 aromatic carbocycles. The van der Waals surface area contributed by atoms with E-state index in [1.54, 1.807) is 17.5 Å². The van der Waals surface area contributed by atoms with Crippen molar-refractivity contribution in [2.45, 2.75) is 19.9 Å². The fraction of sp³-hybridized carbons (Fsp3) is 0.348. The Bertz CT molecular complexity index is 1170. The van der Waals surface area contributed by atoms with Gasteiger partial charge in [0.2, 0.25) is 0 Å². The first-order valence-electron chi connectivity index (χ1n) is 10.8. The summed E-state index contributed by atoms with van der Waals surface area (Å²) in [6.45, 7) is 6.92. The van der Waals surface area contributed by atoms with Crippen LogP contribution in [0.15, 0.2) is 48.7 Å². The molecule has 9 heteroatoms. The predicted molar refractivity (Wildman–Crippen MR) is 121 cm³/mol. The van der Waals surface area contributed by atoms with Gasteiger partial charge in [-0.05, 0) is 25.5 Å². The quantitative estimate of drug-likeness (QED) is 0.614. The predicted octanol–water partition coefficient (Wildman–Crippen LogP) is 2.63. The van der Waals surface area contributed by atoms with E-state index in [9.17, 15) is 4.79 Å². The molecule has 3 aromatic rings. The second-order valence-corrected chi connectivity index (χ2v) is 7.82. The lowest BCUT2D eigenvalue weighted by Crippen LogP contribution is -2.38. The van der Waals surface area contributed by atoms with Gasteiger partial charge in [0.1, 0.15) is 5.82 Å². The summed E-state index contributed by atoms with van der Waals surface area (Å²) in [5.41, 5.74) is 6.72. The SMILES string of the molecule is CCOC(=O)c1cc2nc(N3C=CC(c4cccc(C)c4)N3)cc(N3CCOCC3)n2n1. The number of nitrogens with zero attached hydrogens (tertiary/aromatic N) is 5. The molecule has 2 aromatic heterocycles. The molecule has 0 saturated carbocycles. The lowest BCUT2D eigenvalue weighted by atomic mass is 10.1. The molecular weight excluding hydrogens is 408 g/mol. The zero-order valence-electron chi connectivity index (χ0n) is 18.2. The lowest BCUT2D eigenvalue weighted by Gasteiger charge is -2.29. The molecule has 1 unspecified atom stereocenters. The van der Waals surface area contributed by atoms with Crippen molar-refractivity contribution in [2.24, 2.45) is 0 Å². The van der Waals surface area contributed by atoms with Gasteiger partial charge in [0.05, 0.1) is 25.9 Å². The van der Waals surface area contributed by atoms with Crippen molar-refractivity contribution in [3.05, 3.63) is 65.5 Å². The zero-order chi connectivity index (χ0) is 22.1. The van der Waals surface area contributed by atoms with Gasteiger partial charge in [-0.1, -0.05) is 29.8 Å². The highest BCUT2D eigenvalue weighted by atomic mass is 16.5. The molecule has 32 heavy (non-hydrogen) atoms. The van der Waals surface area contributed by atoms with E-state index in [0.29, 0.717) is 25.5 Å². The number of hydrazine groups is 1. The van der Waals surface area contributed by atoms with Crippen LogP contribution in [0.4, 0.5) is 11.6 Å². The van der Waals surface area contributed by atoms with Crippen molar-refractivity contribution in [1.29, 1.82) is 0 Å². The summed E-state index contributed by atoms with van der Waals surface area (Å²) < 4.78 is 12.4. The maximum Gasteiger partial charge on any atom is 0.358 e. The van der Waals surface area contributed by atoms with E-state index in [1.165, 1.54) is 11.1 Å². The molecule has 2 aliphatic rings. The standard InChI is InChI=1S/C23H26N6O3/c1-3-32-23(30)19-14-21-24-20(15-22(29(21)26-19)27-9-11-31-12-10-27)28-8-7-18(25-28)17-6-4-5-16(2)13-17/h4-8,13-15,18,25H,3,9-12H2,1-2H3. The molecule has 0 aliphatic carbocycles. The Hall–Kier alpha value is -3.43. The summed E-state index contributed by atoms with van der Waals surface area (Å²) in [4.78, 5) is 19.2. The van der Waals surface area contributed by atoms with Gasteiger partial charge in [-0.2, -0.15) is 9.61 Å². The van der Waals surface area contributed by atoms with E-state index in [1.807, 2.05) is 17.3 Å². The number of rotatable bonds is 5. The van der Waals surface area contributed by atoms with Crippen molar-refractivity contribution in [3.8, 4) is 0 Å². The van der Waals surface area contributed by atoms with E-state index in [0.717, 1.165) is 24.7 Å². The van der Waals surface area contributed by atoms with Crippen molar-refractivity contribution < 1.29 is 14.3 Å². The Morgan fingerprint density at radius 3 is 2.88 bits per heavy atom. The first-order valence-corrected chi connectivity index (χ1v) is 10.8. The van der Waals surface area contributed by atoms with Crippen LogP contribution in [-0.4, -0.2) is 53.5 Å². The molecule has 0 bridgehead atoms. The fourth-order valence-electron chi connectivity index (χ4n) is 3.99. The molecule has 0 amide bonds. The Kier molecular flexibility index (Phi) is 5.50. The van der Waals surface area contributed by atoms with Crippen molar-refractivity contribution in [3.63, 3.8) is 0 Å². The van der Waals surface area contributed by atoms with Gasteiger partial charge in [0.25, 0.3) is 0 Å². The second kappa shape index (κ2) is 8.60. The lowest BCUT2D eigenvalue weighted by molar-refractivity contribution is 0.0519. The molecule has 1 atom stereocenters. The molecule has 4 heterocycles. The second-order valence-electron chi connectivity index (χ2n) is 7.82. The number of hydrogen-bond donors (Lipinski definition) is 1. The minimum Gasteiger partial charge on any atom is -0.461 e. The molecule has 166 valence electrons. The number of benzene rings is 1. The topological polar surface area (TPSA) is 84.2 Å². The van der Waals surface area contributed by atoms with Crippen molar-refractivity contribution in [1.82, 2.24) is 20.0 Å². The van der Waals surface area contributed by atoms with Crippen LogP contribution in [0.5, 0.6) is 0 Å². The molecule has 9 nitrogen and oxygen atoms in total. The molecule has 1 fully saturated rings. The third-order valence-electron chi connectivity index (χ3n) is 5.57. The molecule has 5 rings (SSSR count). The Morgan fingerprint density at radius 2 is 2.09 bits per heavy atom. The monoisotopic (exact) mass is 434 g/mol. The van der Waals surface area contributed by atoms with Crippen LogP contribution in [0.2, 0.25) is 0 Å². The largest absolute Gasteiger partial charge is 0.461 e. The van der Waals surface area contributed by atoms with Gasteiger partial charge in [-0.3, -0.25) is 5.01 Å². The van der Waals surface area contributed by atoms with Gasteiger partial charge in [-0.15, -0.1) is 0 Å². The maximum absolute atomic E-state index is 12.3. The smallest absolute Gasteiger partial charge is 0.358 e. The number of ether oxygens (including phenoxy) is 2. The summed E-state index contributed by atoms with van der Waals surface area (Å²) in [5.74, 6) is 1.13. The molecular formula is C23H26N6O3. The first kappa shape index (κ1) is 20.5. The van der Waals surface area contributed by atoms with Gasteiger partial charge < -0.3 is 14.4 Å². The zero-order valence-corrected chi connectivity index (χ0v) is 18.2. The van der Waals surface area contributed by atoms with Crippen LogP contribution in [0, 0.1) is 6.92 Å². The highest BCUT2D eigenvalue weighted by molar-refractivity contribution is 5.88. The van der Waals surface area contributed by atoms with Crippen LogP contribution < -0.4 is 15.3 Å². The number of esters is 1. The summed E-state index contributed by atoms with van der Waals surface area (Å²) >= 11 is 0. The molecule has 1 saturated heterocycles. The number of nitrogens with one attached hydrogen (secondary N) is 1. The summed E-state index contributed by atoms with van der Waals surface area (Å²) in [6.07, 6.45) is 4.09. The highest BCUT2D eigenvalue weighted by Crippen LogP contribution is 2.28. The molecule has 2 aliphatic heterocycles. The number of carbonyl (C=O) groups excluding carboxylic acids is 1. The Morgan fingerprint density at radius 1 is 1.25 bits per heavy atom. The average Bonchev–Trinajstić information content (AvgIpc) is 3.47. The number of anilines is 2. The van der Waals surface area contributed by atoms with Gasteiger partial charge in [-0.25, -0.2) is 15.2 Å². The van der Waals surface area contributed by atoms with Crippen LogP contribution in [0.25, 0.3) is 5.65 Å². The fourth-order valence-corrected chi connectivity index (χ4v) is 3.99. The van der Waals surface area contributed by atoms with E-state index in [4.69, 9.17) is 14.5 Å². The highest BCUT2D eigenvalue weighted by Gasteiger charge is 2.24. The van der Waals surface area contributed by atoms with Crippen molar-refractivity contribution in [2.75, 3.05) is 42.8 Å². The Labute approximate surface area is 186 Å². The van der Waals surface area contributed by atoms with Gasteiger partial charge in [0.15, 0.2) is 17.2 Å². The van der Waals surface area contributed by atoms with Gasteiger partial charge >= 0.3 is 5.97 Å². The maximum atomic E-state index is 12.3. The molecule has 0 spiro atoms. The van der Waals surface area contributed by atoms with E-state index in [-0.39, 0.29) is 11.7 Å². The number of morpholine rings is 1. The number of fused-ring (bicyclic) bond motifs is 1. The summed E-state index contributed by atoms with van der Waals surface area (Å²) in [7, 11) is 0. The van der Waals surface area contributed by atoms with E-state index < -0.39 is 5.97 Å². The van der Waals surface area contributed by atoms with Crippen LogP contribution in [-0.2, 0) is 9.47 Å². The van der Waals surface area contributed by atoms with Gasteiger partial charge in [0, 0.05) is 31.4 Å². The summed E-state index contributed by atoms with van der Waals surface area (Å²) in [5, 5.41) is 6.40. The number of aromatic nitrogens is 3. The van der Waals surface area contributed by atoms with E-state index >= 15 is 0 Å². The summed E-state index contributed by atoms with van der Waals surface area (Å²) in [6, 6.07) is 12.1.